The summed E-state index contributed by atoms with van der Waals surface area (Å²) in [6.07, 6.45) is 10.5. The smallest absolute Gasteiger partial charge is 0.0453 e. The van der Waals surface area contributed by atoms with Crippen LogP contribution >= 0.6 is 23.2 Å². The summed E-state index contributed by atoms with van der Waals surface area (Å²) in [5, 5.41) is 1.43. The summed E-state index contributed by atoms with van der Waals surface area (Å²) in [6, 6.07) is 5.66. The first kappa shape index (κ1) is 14.9. The third-order valence-electron chi connectivity index (χ3n) is 3.79. The van der Waals surface area contributed by atoms with Crippen molar-refractivity contribution in [1.82, 2.24) is 0 Å². The minimum atomic E-state index is 0.0375. The van der Waals surface area contributed by atoms with Crippen LogP contribution in [-0.2, 0) is 6.42 Å². The van der Waals surface area contributed by atoms with Gasteiger partial charge in [0.1, 0.15) is 0 Å². The summed E-state index contributed by atoms with van der Waals surface area (Å²) < 4.78 is 0. The van der Waals surface area contributed by atoms with Crippen LogP contribution in [0, 0.1) is 0 Å². The summed E-state index contributed by atoms with van der Waals surface area (Å²) in [7, 11) is 0. The van der Waals surface area contributed by atoms with E-state index in [0.29, 0.717) is 0 Å². The zero-order chi connectivity index (χ0) is 13.7. The topological polar surface area (TPSA) is 26.0 Å². The second-order valence-corrected chi connectivity index (χ2v) is 6.06. The van der Waals surface area contributed by atoms with Gasteiger partial charge in [0, 0.05) is 16.1 Å². The third kappa shape index (κ3) is 4.24. The average Bonchev–Trinajstić information content (AvgIpc) is 2.33. The van der Waals surface area contributed by atoms with E-state index in [9.17, 15) is 0 Å². The maximum absolute atomic E-state index is 6.35. The highest BCUT2D eigenvalue weighted by Gasteiger charge is 2.15. The van der Waals surface area contributed by atoms with Gasteiger partial charge in [-0.3, -0.25) is 0 Å². The molecule has 104 valence electrons. The van der Waals surface area contributed by atoms with Gasteiger partial charge in [-0.05, 0) is 49.8 Å². The molecule has 0 saturated carbocycles. The number of benzene rings is 1. The van der Waals surface area contributed by atoms with Crippen molar-refractivity contribution in [3.05, 3.63) is 45.5 Å². The number of hydrogen-bond acceptors (Lipinski definition) is 1. The van der Waals surface area contributed by atoms with Crippen LogP contribution in [0.4, 0.5) is 0 Å². The minimum Gasteiger partial charge on any atom is -0.324 e. The Balaban J connectivity index is 2.09. The molecule has 1 unspecified atom stereocenters. The van der Waals surface area contributed by atoms with Crippen molar-refractivity contribution in [2.45, 2.75) is 51.0 Å². The lowest BCUT2D eigenvalue weighted by atomic mass is 9.92. The van der Waals surface area contributed by atoms with Gasteiger partial charge in [0.05, 0.1) is 0 Å². The average molecular weight is 298 g/mol. The molecule has 19 heavy (non-hydrogen) atoms. The van der Waals surface area contributed by atoms with E-state index in [1.165, 1.54) is 31.3 Å². The zero-order valence-electron chi connectivity index (χ0n) is 11.2. The molecule has 1 atom stereocenters. The van der Waals surface area contributed by atoms with Gasteiger partial charge in [-0.1, -0.05) is 53.8 Å². The molecule has 0 spiro atoms. The maximum Gasteiger partial charge on any atom is 0.0453 e. The molecule has 0 aromatic heterocycles. The Bertz CT molecular complexity index is 434. The highest BCUT2D eigenvalue weighted by atomic mass is 35.5. The van der Waals surface area contributed by atoms with Gasteiger partial charge < -0.3 is 5.73 Å². The van der Waals surface area contributed by atoms with Gasteiger partial charge in [-0.25, -0.2) is 0 Å². The Morgan fingerprint density at radius 3 is 2.47 bits per heavy atom. The molecule has 3 heteroatoms. The van der Waals surface area contributed by atoms with Crippen LogP contribution in [0.15, 0.2) is 29.8 Å². The van der Waals surface area contributed by atoms with Gasteiger partial charge in [0.15, 0.2) is 0 Å². The van der Waals surface area contributed by atoms with Gasteiger partial charge in [-0.2, -0.15) is 0 Å². The predicted octanol–water partition coefficient (Wildman–Crippen LogP) is 5.14. The van der Waals surface area contributed by atoms with Crippen molar-refractivity contribution < 1.29 is 0 Å². The highest BCUT2D eigenvalue weighted by Crippen LogP contribution is 2.28. The predicted molar refractivity (Wildman–Crippen MR) is 83.9 cm³/mol. The molecule has 1 aromatic rings. The van der Waals surface area contributed by atoms with Crippen molar-refractivity contribution in [3.8, 4) is 0 Å². The standard InChI is InChI=1S/C16H21Cl2N/c17-14-9-6-10-15(18)13(14)11-16(19)12-7-4-2-1-3-5-8-12/h6-7,9-10,16H,1-5,8,11,19H2/b12-7+. The summed E-state index contributed by atoms with van der Waals surface area (Å²) in [5.41, 5.74) is 8.70. The second-order valence-electron chi connectivity index (χ2n) is 5.24. The molecular weight excluding hydrogens is 277 g/mol. The van der Waals surface area contributed by atoms with Gasteiger partial charge >= 0.3 is 0 Å². The number of hydrogen-bond donors (Lipinski definition) is 1. The van der Waals surface area contributed by atoms with Crippen LogP contribution < -0.4 is 5.73 Å². The third-order valence-corrected chi connectivity index (χ3v) is 4.50. The van der Waals surface area contributed by atoms with E-state index in [1.807, 2.05) is 18.2 Å². The molecule has 2 rings (SSSR count). The fraction of sp³-hybridized carbons (Fsp3) is 0.500. The van der Waals surface area contributed by atoms with E-state index in [2.05, 4.69) is 6.08 Å². The van der Waals surface area contributed by atoms with Crippen LogP contribution in [0.5, 0.6) is 0 Å². The highest BCUT2D eigenvalue weighted by molar-refractivity contribution is 6.36. The van der Waals surface area contributed by atoms with Crippen molar-refractivity contribution in [3.63, 3.8) is 0 Å². The SMILES string of the molecule is NC(Cc1c(Cl)cccc1Cl)/C1=C/CCCCCC1. The van der Waals surface area contributed by atoms with E-state index in [0.717, 1.165) is 34.9 Å². The van der Waals surface area contributed by atoms with Crippen LogP contribution in [-0.4, -0.2) is 6.04 Å². The summed E-state index contributed by atoms with van der Waals surface area (Å²) in [4.78, 5) is 0. The molecule has 1 aromatic carbocycles. The Morgan fingerprint density at radius 1 is 1.05 bits per heavy atom. The molecular formula is C16H21Cl2N. The maximum atomic E-state index is 6.35. The van der Waals surface area contributed by atoms with Crippen LogP contribution in [0.25, 0.3) is 0 Å². The molecule has 0 aliphatic heterocycles. The summed E-state index contributed by atoms with van der Waals surface area (Å²) in [6.45, 7) is 0. The normalized spacial score (nSPS) is 21.1. The Labute approximate surface area is 125 Å². The molecule has 2 N–H and O–H groups in total. The monoisotopic (exact) mass is 297 g/mol. The van der Waals surface area contributed by atoms with E-state index >= 15 is 0 Å². The van der Waals surface area contributed by atoms with Crippen molar-refractivity contribution in [1.29, 1.82) is 0 Å². The largest absolute Gasteiger partial charge is 0.324 e. The minimum absolute atomic E-state index is 0.0375. The number of rotatable bonds is 3. The summed E-state index contributed by atoms with van der Waals surface area (Å²) in [5.74, 6) is 0. The fourth-order valence-electron chi connectivity index (χ4n) is 2.63. The van der Waals surface area contributed by atoms with E-state index < -0.39 is 0 Å². The number of nitrogens with two attached hydrogens (primary N) is 1. The molecule has 0 radical (unpaired) electrons. The second kappa shape index (κ2) is 7.33. The van der Waals surface area contributed by atoms with E-state index in [1.54, 1.807) is 0 Å². The van der Waals surface area contributed by atoms with Crippen molar-refractivity contribution in [2.75, 3.05) is 0 Å². The lowest BCUT2D eigenvalue weighted by Crippen LogP contribution is -2.26. The Hall–Kier alpha value is -0.500. The van der Waals surface area contributed by atoms with Crippen molar-refractivity contribution in [2.24, 2.45) is 5.73 Å². The number of halogens is 2. The van der Waals surface area contributed by atoms with E-state index in [-0.39, 0.29) is 6.04 Å². The lowest BCUT2D eigenvalue weighted by molar-refractivity contribution is 0.595. The molecule has 1 aliphatic rings. The lowest BCUT2D eigenvalue weighted by Gasteiger charge is -2.19. The number of allylic oxidation sites excluding steroid dienone is 1. The van der Waals surface area contributed by atoms with Gasteiger partial charge in [0.2, 0.25) is 0 Å². The van der Waals surface area contributed by atoms with Crippen LogP contribution in [0.1, 0.15) is 44.1 Å². The Kier molecular flexibility index (Phi) is 5.75. The molecule has 0 fully saturated rings. The Morgan fingerprint density at radius 2 is 1.74 bits per heavy atom. The molecule has 0 amide bonds. The molecule has 1 aliphatic carbocycles. The first-order chi connectivity index (χ1) is 9.18. The van der Waals surface area contributed by atoms with Gasteiger partial charge in [-0.15, -0.1) is 0 Å². The fourth-order valence-corrected chi connectivity index (χ4v) is 3.18. The first-order valence-corrected chi connectivity index (χ1v) is 7.81. The summed E-state index contributed by atoms with van der Waals surface area (Å²) >= 11 is 12.4. The van der Waals surface area contributed by atoms with Crippen molar-refractivity contribution >= 4 is 23.2 Å². The van der Waals surface area contributed by atoms with E-state index in [4.69, 9.17) is 28.9 Å². The molecule has 0 bridgehead atoms. The quantitative estimate of drug-likeness (QED) is 0.768. The zero-order valence-corrected chi connectivity index (χ0v) is 12.7. The van der Waals surface area contributed by atoms with Gasteiger partial charge in [0.25, 0.3) is 0 Å². The van der Waals surface area contributed by atoms with Crippen LogP contribution in [0.3, 0.4) is 0 Å². The first-order valence-electron chi connectivity index (χ1n) is 7.06. The molecule has 1 nitrogen and oxygen atoms in total. The molecule has 0 heterocycles. The molecule has 0 saturated heterocycles. The van der Waals surface area contributed by atoms with Crippen LogP contribution in [0.2, 0.25) is 10.0 Å².